The summed E-state index contributed by atoms with van der Waals surface area (Å²) in [5.74, 6) is 0.770. The number of amides is 1. The lowest BCUT2D eigenvalue weighted by Gasteiger charge is -2.11. The molecule has 3 heteroatoms. The molecule has 0 bridgehead atoms. The quantitative estimate of drug-likeness (QED) is 0.875. The summed E-state index contributed by atoms with van der Waals surface area (Å²) in [6, 6.07) is 13.3. The molecule has 1 unspecified atom stereocenters. The van der Waals surface area contributed by atoms with Crippen LogP contribution in [0.5, 0.6) is 0 Å². The Morgan fingerprint density at radius 3 is 2.65 bits per heavy atom. The van der Waals surface area contributed by atoms with Gasteiger partial charge in [-0.3, -0.25) is 4.79 Å². The fraction of sp³-hybridized carbons (Fsp3) is 0.214. The zero-order chi connectivity index (χ0) is 12.1. The molecule has 1 atom stereocenters. The number of hydrogen-bond acceptors (Lipinski definition) is 2. The van der Waals surface area contributed by atoms with E-state index in [9.17, 15) is 4.79 Å². The van der Waals surface area contributed by atoms with Gasteiger partial charge in [-0.2, -0.15) is 0 Å². The summed E-state index contributed by atoms with van der Waals surface area (Å²) in [5, 5.41) is 2.90. The summed E-state index contributed by atoms with van der Waals surface area (Å²) in [6.45, 7) is 1.90. The molecule has 3 nitrogen and oxygen atoms in total. The van der Waals surface area contributed by atoms with Crippen molar-refractivity contribution in [3.63, 3.8) is 0 Å². The van der Waals surface area contributed by atoms with Crippen molar-refractivity contribution in [3.05, 3.63) is 60.1 Å². The second-order valence-corrected chi connectivity index (χ2v) is 3.97. The molecule has 1 heterocycles. The molecule has 0 aliphatic heterocycles. The molecule has 0 aliphatic rings. The third kappa shape index (κ3) is 3.21. The van der Waals surface area contributed by atoms with Gasteiger partial charge < -0.3 is 9.73 Å². The molecule has 1 amide bonds. The van der Waals surface area contributed by atoms with Gasteiger partial charge in [0.2, 0.25) is 5.91 Å². The number of carbonyl (C=O) groups is 1. The van der Waals surface area contributed by atoms with Crippen LogP contribution in [0.1, 0.15) is 24.3 Å². The molecule has 0 aliphatic carbocycles. The monoisotopic (exact) mass is 229 g/mol. The number of hydrogen-bond donors (Lipinski definition) is 1. The van der Waals surface area contributed by atoms with Gasteiger partial charge in [0.05, 0.1) is 18.7 Å². The minimum Gasteiger partial charge on any atom is -0.467 e. The van der Waals surface area contributed by atoms with Crippen LogP contribution in [0, 0.1) is 0 Å². The number of carbonyl (C=O) groups excluding carboxylic acids is 1. The summed E-state index contributed by atoms with van der Waals surface area (Å²) < 4.78 is 5.23. The summed E-state index contributed by atoms with van der Waals surface area (Å²) in [4.78, 5) is 11.8. The third-order valence-electron chi connectivity index (χ3n) is 2.55. The van der Waals surface area contributed by atoms with Crippen LogP contribution in [0.2, 0.25) is 0 Å². The van der Waals surface area contributed by atoms with Crippen LogP contribution in [0.25, 0.3) is 0 Å². The van der Waals surface area contributed by atoms with Crippen molar-refractivity contribution in [2.45, 2.75) is 19.4 Å². The minimum atomic E-state index is -0.0961. The lowest BCUT2D eigenvalue weighted by atomic mass is 10.1. The minimum absolute atomic E-state index is 0.0000926. The first-order valence-electron chi connectivity index (χ1n) is 5.62. The predicted molar refractivity (Wildman–Crippen MR) is 65.4 cm³/mol. The summed E-state index contributed by atoms with van der Waals surface area (Å²) in [7, 11) is 0. The molecule has 0 saturated heterocycles. The van der Waals surface area contributed by atoms with E-state index in [-0.39, 0.29) is 11.9 Å². The van der Waals surface area contributed by atoms with Gasteiger partial charge in [-0.15, -0.1) is 0 Å². The average Bonchev–Trinajstić information content (AvgIpc) is 2.83. The SMILES string of the molecule is CC(NC(=O)Cc1ccccc1)c1ccco1. The Morgan fingerprint density at radius 1 is 1.24 bits per heavy atom. The van der Waals surface area contributed by atoms with Crippen molar-refractivity contribution in [3.8, 4) is 0 Å². The van der Waals surface area contributed by atoms with Crippen LogP contribution < -0.4 is 5.32 Å². The number of nitrogens with one attached hydrogen (secondary N) is 1. The first-order chi connectivity index (χ1) is 8.25. The summed E-state index contributed by atoms with van der Waals surface area (Å²) in [5.41, 5.74) is 1.01. The fourth-order valence-corrected chi connectivity index (χ4v) is 1.68. The molecular weight excluding hydrogens is 214 g/mol. The van der Waals surface area contributed by atoms with Gasteiger partial charge in [-0.25, -0.2) is 0 Å². The molecule has 2 aromatic rings. The Kier molecular flexibility index (Phi) is 3.60. The van der Waals surface area contributed by atoms with Gasteiger partial charge in [0, 0.05) is 0 Å². The Labute approximate surface area is 100 Å². The first kappa shape index (κ1) is 11.5. The van der Waals surface area contributed by atoms with Crippen LogP contribution in [0.15, 0.2) is 53.1 Å². The Morgan fingerprint density at radius 2 is 2.00 bits per heavy atom. The first-order valence-corrected chi connectivity index (χ1v) is 5.62. The lowest BCUT2D eigenvalue weighted by Crippen LogP contribution is -2.27. The highest BCUT2D eigenvalue weighted by atomic mass is 16.3. The van der Waals surface area contributed by atoms with Gasteiger partial charge in [0.15, 0.2) is 0 Å². The molecule has 1 aromatic heterocycles. The number of furan rings is 1. The molecule has 1 N–H and O–H groups in total. The third-order valence-corrected chi connectivity index (χ3v) is 2.55. The average molecular weight is 229 g/mol. The zero-order valence-corrected chi connectivity index (χ0v) is 9.72. The maximum atomic E-state index is 11.8. The van der Waals surface area contributed by atoms with Gasteiger partial charge in [0.25, 0.3) is 0 Å². The van der Waals surface area contributed by atoms with E-state index in [4.69, 9.17) is 4.42 Å². The van der Waals surface area contributed by atoms with Crippen LogP contribution in [-0.4, -0.2) is 5.91 Å². The van der Waals surface area contributed by atoms with Crippen LogP contribution >= 0.6 is 0 Å². The molecule has 0 radical (unpaired) electrons. The standard InChI is InChI=1S/C14H15NO2/c1-11(13-8-5-9-17-13)15-14(16)10-12-6-3-2-4-7-12/h2-9,11H,10H2,1H3,(H,15,16). The van der Waals surface area contributed by atoms with Crippen molar-refractivity contribution < 1.29 is 9.21 Å². The van der Waals surface area contributed by atoms with Crippen molar-refractivity contribution >= 4 is 5.91 Å². The van der Waals surface area contributed by atoms with Crippen molar-refractivity contribution in [2.75, 3.05) is 0 Å². The smallest absolute Gasteiger partial charge is 0.224 e. The number of rotatable bonds is 4. The van der Waals surface area contributed by atoms with E-state index in [1.165, 1.54) is 0 Å². The second-order valence-electron chi connectivity index (χ2n) is 3.97. The van der Waals surface area contributed by atoms with E-state index in [1.54, 1.807) is 6.26 Å². The highest BCUT2D eigenvalue weighted by Gasteiger charge is 2.11. The van der Waals surface area contributed by atoms with Crippen LogP contribution in [0.4, 0.5) is 0 Å². The normalized spacial score (nSPS) is 12.1. The molecule has 88 valence electrons. The largest absolute Gasteiger partial charge is 0.467 e. The molecule has 1 aromatic carbocycles. The lowest BCUT2D eigenvalue weighted by molar-refractivity contribution is -0.121. The van der Waals surface area contributed by atoms with Gasteiger partial charge in [0.1, 0.15) is 5.76 Å². The van der Waals surface area contributed by atoms with Gasteiger partial charge in [-0.05, 0) is 24.6 Å². The van der Waals surface area contributed by atoms with Crippen LogP contribution in [-0.2, 0) is 11.2 Å². The summed E-state index contributed by atoms with van der Waals surface area (Å²) in [6.07, 6.45) is 2.00. The molecule has 2 rings (SSSR count). The van der Waals surface area contributed by atoms with Crippen molar-refractivity contribution in [1.29, 1.82) is 0 Å². The van der Waals surface area contributed by atoms with E-state index < -0.39 is 0 Å². The van der Waals surface area contributed by atoms with E-state index in [2.05, 4.69) is 5.32 Å². The molecule has 0 spiro atoms. The highest BCUT2D eigenvalue weighted by molar-refractivity contribution is 5.78. The van der Waals surface area contributed by atoms with E-state index in [0.717, 1.165) is 11.3 Å². The maximum absolute atomic E-state index is 11.8. The topological polar surface area (TPSA) is 42.2 Å². The molecule has 0 fully saturated rings. The molecule has 17 heavy (non-hydrogen) atoms. The van der Waals surface area contributed by atoms with Crippen molar-refractivity contribution in [2.24, 2.45) is 0 Å². The van der Waals surface area contributed by atoms with E-state index in [0.29, 0.717) is 6.42 Å². The van der Waals surface area contributed by atoms with Gasteiger partial charge >= 0.3 is 0 Å². The highest BCUT2D eigenvalue weighted by Crippen LogP contribution is 2.12. The Hall–Kier alpha value is -2.03. The van der Waals surface area contributed by atoms with E-state index in [1.807, 2.05) is 49.4 Å². The predicted octanol–water partition coefficient (Wildman–Crippen LogP) is 2.70. The zero-order valence-electron chi connectivity index (χ0n) is 9.72. The molecular formula is C14H15NO2. The van der Waals surface area contributed by atoms with E-state index >= 15 is 0 Å². The second kappa shape index (κ2) is 5.34. The van der Waals surface area contributed by atoms with Crippen LogP contribution in [0.3, 0.4) is 0 Å². The maximum Gasteiger partial charge on any atom is 0.224 e. The van der Waals surface area contributed by atoms with Gasteiger partial charge in [-0.1, -0.05) is 30.3 Å². The Bertz CT molecular complexity index is 462. The Balaban J connectivity index is 1.90. The summed E-state index contributed by atoms with van der Waals surface area (Å²) >= 11 is 0. The number of benzene rings is 1. The van der Waals surface area contributed by atoms with Crippen molar-refractivity contribution in [1.82, 2.24) is 5.32 Å². The molecule has 0 saturated carbocycles. The fourth-order valence-electron chi connectivity index (χ4n) is 1.68.